The Hall–Kier alpha value is -3.27. The van der Waals surface area contributed by atoms with E-state index in [1.807, 2.05) is 18.2 Å². The maximum Gasteiger partial charge on any atom is 0.320 e. The molecule has 2 aromatic heterocycles. The number of urea groups is 1. The molecule has 1 aliphatic heterocycles. The number of aromatic amines is 1. The summed E-state index contributed by atoms with van der Waals surface area (Å²) in [5, 5.41) is 12.9. The van der Waals surface area contributed by atoms with Gasteiger partial charge in [0.05, 0.1) is 16.9 Å². The predicted molar refractivity (Wildman–Crippen MR) is 122 cm³/mol. The highest BCUT2D eigenvalue weighted by Crippen LogP contribution is 2.28. The van der Waals surface area contributed by atoms with Crippen molar-refractivity contribution in [1.82, 2.24) is 25.4 Å². The van der Waals surface area contributed by atoms with E-state index in [2.05, 4.69) is 56.7 Å². The lowest BCUT2D eigenvalue weighted by molar-refractivity contribution is 0.0803. The molecular weight excluding hydrogens is 430 g/mol. The molecule has 1 saturated heterocycles. The van der Waals surface area contributed by atoms with Crippen LogP contribution in [0.2, 0.25) is 0 Å². The number of nitrogens with zero attached hydrogens (tertiary/aromatic N) is 3. The van der Waals surface area contributed by atoms with E-state index in [1.54, 1.807) is 6.07 Å². The molecule has 0 radical (unpaired) electrons. The number of aromatic nitrogens is 3. The second-order valence-electron chi connectivity index (χ2n) is 8.68. The number of rotatable bonds is 8. The molecule has 1 aromatic carbocycles. The number of hydrogen-bond acceptors (Lipinski definition) is 5. The van der Waals surface area contributed by atoms with E-state index >= 15 is 0 Å². The number of anilines is 1. The van der Waals surface area contributed by atoms with Crippen LogP contribution in [0.5, 0.6) is 5.88 Å². The molecule has 0 spiro atoms. The Bertz CT molecular complexity index is 1080. The van der Waals surface area contributed by atoms with Gasteiger partial charge in [0.25, 0.3) is 6.43 Å². The number of amides is 2. The van der Waals surface area contributed by atoms with Crippen LogP contribution in [-0.2, 0) is 0 Å². The molecule has 1 aliphatic rings. The van der Waals surface area contributed by atoms with Gasteiger partial charge in [0, 0.05) is 37.8 Å². The van der Waals surface area contributed by atoms with Gasteiger partial charge in [-0.25, -0.2) is 18.6 Å². The zero-order valence-electron chi connectivity index (χ0n) is 18.6. The van der Waals surface area contributed by atoms with Crippen molar-refractivity contribution in [2.75, 3.05) is 31.6 Å². The zero-order valence-corrected chi connectivity index (χ0v) is 18.6. The van der Waals surface area contributed by atoms with Crippen LogP contribution in [0.25, 0.3) is 10.9 Å². The van der Waals surface area contributed by atoms with E-state index in [4.69, 9.17) is 4.74 Å². The summed E-state index contributed by atoms with van der Waals surface area (Å²) in [6.45, 7) is 6.24. The molecule has 2 amide bonds. The summed E-state index contributed by atoms with van der Waals surface area (Å²) >= 11 is 0. The van der Waals surface area contributed by atoms with Crippen molar-refractivity contribution in [2.45, 2.75) is 32.2 Å². The standard InChI is InChI=1S/C23H28F2N6O2/c1-14(2)10-31-11-17(15-6-4-3-5-7-15)19(12-31)27-23(32)28-21-8-18-16(9-26-21)22(30-29-18)33-13-20(24)25/h3-9,14,17,19-20H,10-13H2,1-2H3,(H,29,30)(H2,26,27,28,32)/t17-,19+/m1/s1. The average Bonchev–Trinajstić information content (AvgIpc) is 3.35. The summed E-state index contributed by atoms with van der Waals surface area (Å²) in [4.78, 5) is 19.4. The molecule has 3 aromatic rings. The van der Waals surface area contributed by atoms with Gasteiger partial charge < -0.3 is 15.0 Å². The van der Waals surface area contributed by atoms with E-state index in [9.17, 15) is 13.6 Å². The second kappa shape index (κ2) is 10.1. The first-order chi connectivity index (χ1) is 15.9. The summed E-state index contributed by atoms with van der Waals surface area (Å²) in [7, 11) is 0. The van der Waals surface area contributed by atoms with E-state index in [0.29, 0.717) is 22.6 Å². The van der Waals surface area contributed by atoms with Crippen LogP contribution in [-0.4, -0.2) is 64.8 Å². The molecule has 176 valence electrons. The summed E-state index contributed by atoms with van der Waals surface area (Å²) in [6, 6.07) is 11.4. The maximum absolute atomic E-state index is 12.8. The Morgan fingerprint density at radius 3 is 2.79 bits per heavy atom. The van der Waals surface area contributed by atoms with Crippen molar-refractivity contribution in [3.63, 3.8) is 0 Å². The molecule has 33 heavy (non-hydrogen) atoms. The summed E-state index contributed by atoms with van der Waals surface area (Å²) < 4.78 is 29.8. The van der Waals surface area contributed by atoms with Crippen LogP contribution in [0.15, 0.2) is 42.6 Å². The van der Waals surface area contributed by atoms with Gasteiger partial charge in [0.2, 0.25) is 5.88 Å². The minimum atomic E-state index is -2.60. The fourth-order valence-corrected chi connectivity index (χ4v) is 4.27. The summed E-state index contributed by atoms with van der Waals surface area (Å²) in [6.07, 6.45) is -1.16. The second-order valence-corrected chi connectivity index (χ2v) is 8.68. The van der Waals surface area contributed by atoms with E-state index in [0.717, 1.165) is 19.6 Å². The van der Waals surface area contributed by atoms with E-state index in [1.165, 1.54) is 11.8 Å². The lowest BCUT2D eigenvalue weighted by Crippen LogP contribution is -2.42. The van der Waals surface area contributed by atoms with Gasteiger partial charge in [-0.05, 0) is 11.5 Å². The minimum absolute atomic E-state index is 0.0450. The summed E-state index contributed by atoms with van der Waals surface area (Å²) in [5.41, 5.74) is 1.72. The van der Waals surface area contributed by atoms with Crippen molar-refractivity contribution in [3.05, 3.63) is 48.2 Å². The van der Waals surface area contributed by atoms with Crippen LogP contribution >= 0.6 is 0 Å². The van der Waals surface area contributed by atoms with Gasteiger partial charge in [-0.3, -0.25) is 10.4 Å². The normalized spacial score (nSPS) is 18.8. The Labute approximate surface area is 190 Å². The van der Waals surface area contributed by atoms with Crippen LogP contribution in [0, 0.1) is 5.92 Å². The molecule has 8 nitrogen and oxygen atoms in total. The number of carbonyl (C=O) groups is 1. The molecule has 10 heteroatoms. The third kappa shape index (κ3) is 5.75. The molecule has 1 fully saturated rings. The smallest absolute Gasteiger partial charge is 0.320 e. The van der Waals surface area contributed by atoms with E-state index < -0.39 is 13.0 Å². The predicted octanol–water partition coefficient (Wildman–Crippen LogP) is 3.85. The molecular formula is C23H28F2N6O2. The fraction of sp³-hybridized carbons (Fsp3) is 0.435. The monoisotopic (exact) mass is 458 g/mol. The Morgan fingerprint density at radius 1 is 1.27 bits per heavy atom. The zero-order chi connectivity index (χ0) is 23.4. The molecule has 4 rings (SSSR count). The number of pyridine rings is 1. The third-order valence-corrected chi connectivity index (χ3v) is 5.56. The third-order valence-electron chi connectivity index (χ3n) is 5.56. The van der Waals surface area contributed by atoms with E-state index in [-0.39, 0.29) is 23.9 Å². The van der Waals surface area contributed by atoms with Crippen LogP contribution in [0.3, 0.4) is 0 Å². The highest BCUT2D eigenvalue weighted by molar-refractivity contribution is 5.92. The minimum Gasteiger partial charge on any atom is -0.470 e. The number of carbonyl (C=O) groups excluding carboxylic acids is 1. The average molecular weight is 459 g/mol. The van der Waals surface area contributed by atoms with Gasteiger partial charge in [0.15, 0.2) is 6.61 Å². The SMILES string of the molecule is CC(C)CN1C[C@H](NC(=O)Nc2cc3[nH]nc(OCC(F)F)c3cn2)[C@@H](c2ccccc2)C1. The van der Waals surface area contributed by atoms with Crippen molar-refractivity contribution in [2.24, 2.45) is 5.92 Å². The van der Waals surface area contributed by atoms with Gasteiger partial charge in [-0.1, -0.05) is 44.2 Å². The van der Waals surface area contributed by atoms with Crippen LogP contribution < -0.4 is 15.4 Å². The van der Waals surface area contributed by atoms with Gasteiger partial charge in [0.1, 0.15) is 5.82 Å². The number of hydrogen-bond donors (Lipinski definition) is 3. The summed E-state index contributed by atoms with van der Waals surface area (Å²) in [5.74, 6) is 1.09. The number of benzene rings is 1. The number of nitrogens with one attached hydrogen (secondary N) is 3. The van der Waals surface area contributed by atoms with Gasteiger partial charge in [-0.2, -0.15) is 0 Å². The Balaban J connectivity index is 1.42. The molecule has 3 N–H and O–H groups in total. The molecule has 0 aliphatic carbocycles. The lowest BCUT2D eigenvalue weighted by atomic mass is 9.94. The Kier molecular flexibility index (Phi) is 7.02. The Morgan fingerprint density at radius 2 is 2.06 bits per heavy atom. The number of fused-ring (bicyclic) bond motifs is 1. The first-order valence-electron chi connectivity index (χ1n) is 11.0. The molecule has 2 atom stereocenters. The topological polar surface area (TPSA) is 95.2 Å². The van der Waals surface area contributed by atoms with Crippen LogP contribution in [0.4, 0.5) is 19.4 Å². The molecule has 3 heterocycles. The van der Waals surface area contributed by atoms with Crippen molar-refractivity contribution in [1.29, 1.82) is 0 Å². The first kappa shape index (κ1) is 22.9. The molecule has 0 saturated carbocycles. The highest BCUT2D eigenvalue weighted by Gasteiger charge is 2.35. The number of H-pyrrole nitrogens is 1. The quantitative estimate of drug-likeness (QED) is 0.477. The van der Waals surface area contributed by atoms with Crippen molar-refractivity contribution in [3.8, 4) is 5.88 Å². The lowest BCUT2D eigenvalue weighted by Gasteiger charge is -2.20. The number of alkyl halides is 2. The highest BCUT2D eigenvalue weighted by atomic mass is 19.3. The fourth-order valence-electron chi connectivity index (χ4n) is 4.27. The molecule has 0 bridgehead atoms. The molecule has 0 unspecified atom stereocenters. The largest absolute Gasteiger partial charge is 0.470 e. The van der Waals surface area contributed by atoms with Crippen LogP contribution in [0.1, 0.15) is 25.3 Å². The van der Waals surface area contributed by atoms with Crippen molar-refractivity contribution < 1.29 is 18.3 Å². The van der Waals surface area contributed by atoms with Gasteiger partial charge in [-0.15, -0.1) is 5.10 Å². The number of ether oxygens (including phenoxy) is 1. The van der Waals surface area contributed by atoms with Gasteiger partial charge >= 0.3 is 6.03 Å². The number of likely N-dealkylation sites (tertiary alicyclic amines) is 1. The maximum atomic E-state index is 12.8. The number of halogens is 2. The first-order valence-corrected chi connectivity index (χ1v) is 11.0. The van der Waals surface area contributed by atoms with Crippen molar-refractivity contribution >= 4 is 22.8 Å².